The van der Waals surface area contributed by atoms with E-state index in [0.29, 0.717) is 17.9 Å². The van der Waals surface area contributed by atoms with Gasteiger partial charge in [-0.25, -0.2) is 9.78 Å². The molecule has 0 N–H and O–H groups in total. The van der Waals surface area contributed by atoms with Crippen molar-refractivity contribution in [3.63, 3.8) is 0 Å². The fraction of sp³-hybridized carbons (Fsp3) is 0.292. The van der Waals surface area contributed by atoms with Crippen LogP contribution in [-0.4, -0.2) is 33.9 Å². The zero-order valence-corrected chi connectivity index (χ0v) is 19.5. The fourth-order valence-corrected chi connectivity index (χ4v) is 4.58. The Morgan fingerprint density at radius 1 is 1.06 bits per heavy atom. The number of thiazole rings is 1. The maximum absolute atomic E-state index is 12.9. The van der Waals surface area contributed by atoms with Gasteiger partial charge in [0, 0.05) is 28.1 Å². The maximum Gasteiger partial charge on any atom is 0.339 e. The topological polar surface area (TPSA) is 59.5 Å². The van der Waals surface area contributed by atoms with Crippen molar-refractivity contribution in [3.05, 3.63) is 82.3 Å². The molecule has 0 spiro atoms. The zero-order chi connectivity index (χ0) is 22.3. The molecule has 0 bridgehead atoms. The van der Waals surface area contributed by atoms with Gasteiger partial charge in [0.05, 0.1) is 16.8 Å². The van der Waals surface area contributed by atoms with Gasteiger partial charge in [-0.05, 0) is 38.5 Å². The van der Waals surface area contributed by atoms with Gasteiger partial charge in [0.2, 0.25) is 0 Å². The predicted octanol–water partition coefficient (Wildman–Crippen LogP) is 5.42. The van der Waals surface area contributed by atoms with Crippen molar-refractivity contribution >= 4 is 35.0 Å². The average Bonchev–Trinajstić information content (AvgIpc) is 3.28. The first-order valence-electron chi connectivity index (χ1n) is 9.95. The second-order valence-electron chi connectivity index (χ2n) is 7.98. The Morgan fingerprint density at radius 2 is 1.77 bits per heavy atom. The minimum absolute atomic E-state index is 0.225. The first-order chi connectivity index (χ1) is 14.8. The summed E-state index contributed by atoms with van der Waals surface area (Å²) < 4.78 is 5.42. The van der Waals surface area contributed by atoms with E-state index in [4.69, 9.17) is 4.74 Å². The first kappa shape index (κ1) is 23.0. The van der Waals surface area contributed by atoms with E-state index >= 15 is 0 Å². The van der Waals surface area contributed by atoms with Crippen molar-refractivity contribution < 1.29 is 14.3 Å². The molecule has 7 heteroatoms. The lowest BCUT2D eigenvalue weighted by molar-refractivity contribution is -0.140. The van der Waals surface area contributed by atoms with Gasteiger partial charge < -0.3 is 9.64 Å². The number of hydrogen-bond donors (Lipinski definition) is 0. The normalized spacial score (nSPS) is 11.2. The van der Waals surface area contributed by atoms with Gasteiger partial charge in [-0.15, -0.1) is 23.1 Å². The third kappa shape index (κ3) is 6.67. The van der Waals surface area contributed by atoms with E-state index in [1.807, 2.05) is 68.6 Å². The number of rotatable bonds is 8. The molecular formula is C24H26N2O3S2. The zero-order valence-electron chi connectivity index (χ0n) is 17.9. The standard InChI is InChI=1S/C24H26N2O3S2/c1-24(2,3)26(13-18-9-5-4-6-10-18)22(27)14-29-23(28)20-11-7-8-12-21(20)31-16-19-15-30-17-25-19/h4-12,15,17H,13-14,16H2,1-3H3. The van der Waals surface area contributed by atoms with Gasteiger partial charge in [0.25, 0.3) is 5.91 Å². The summed E-state index contributed by atoms with van der Waals surface area (Å²) in [7, 11) is 0. The van der Waals surface area contributed by atoms with Crippen molar-refractivity contribution in [1.29, 1.82) is 0 Å². The number of aromatic nitrogens is 1. The number of nitrogens with zero attached hydrogens (tertiary/aromatic N) is 2. The average molecular weight is 455 g/mol. The predicted molar refractivity (Wildman–Crippen MR) is 125 cm³/mol. The molecular weight excluding hydrogens is 428 g/mol. The maximum atomic E-state index is 12.9. The van der Waals surface area contributed by atoms with Crippen molar-refractivity contribution in [2.45, 2.75) is 43.5 Å². The lowest BCUT2D eigenvalue weighted by Crippen LogP contribution is -2.46. The molecule has 3 aromatic rings. The van der Waals surface area contributed by atoms with Crippen LogP contribution in [0.1, 0.15) is 42.4 Å². The van der Waals surface area contributed by atoms with Crippen molar-refractivity contribution in [2.24, 2.45) is 0 Å². The van der Waals surface area contributed by atoms with Gasteiger partial charge >= 0.3 is 5.97 Å². The second-order valence-corrected chi connectivity index (χ2v) is 9.71. The van der Waals surface area contributed by atoms with Crippen molar-refractivity contribution in [3.8, 4) is 0 Å². The van der Waals surface area contributed by atoms with Gasteiger partial charge in [-0.2, -0.15) is 0 Å². The van der Waals surface area contributed by atoms with Crippen LogP contribution < -0.4 is 0 Å². The molecule has 2 aromatic carbocycles. The first-order valence-corrected chi connectivity index (χ1v) is 11.9. The highest BCUT2D eigenvalue weighted by atomic mass is 32.2. The molecule has 1 aromatic heterocycles. The molecule has 31 heavy (non-hydrogen) atoms. The molecule has 0 aliphatic heterocycles. The van der Waals surface area contributed by atoms with E-state index in [9.17, 15) is 9.59 Å². The Bertz CT molecular complexity index is 999. The van der Waals surface area contributed by atoms with Gasteiger partial charge in [0.1, 0.15) is 0 Å². The highest BCUT2D eigenvalue weighted by Gasteiger charge is 2.27. The van der Waals surface area contributed by atoms with Crippen LogP contribution in [0.2, 0.25) is 0 Å². The SMILES string of the molecule is CC(C)(C)N(Cc1ccccc1)C(=O)COC(=O)c1ccccc1SCc1cscn1. The molecule has 0 fully saturated rings. The molecule has 0 atom stereocenters. The summed E-state index contributed by atoms with van der Waals surface area (Å²) in [5.41, 5.74) is 3.84. The van der Waals surface area contributed by atoms with E-state index in [-0.39, 0.29) is 12.5 Å². The summed E-state index contributed by atoms with van der Waals surface area (Å²) in [4.78, 5) is 32.5. The van der Waals surface area contributed by atoms with Crippen LogP contribution in [0.3, 0.4) is 0 Å². The third-order valence-corrected chi connectivity index (χ3v) is 6.33. The van der Waals surface area contributed by atoms with E-state index in [1.165, 1.54) is 11.8 Å². The van der Waals surface area contributed by atoms with Crippen LogP contribution >= 0.6 is 23.1 Å². The third-order valence-electron chi connectivity index (χ3n) is 4.59. The smallest absolute Gasteiger partial charge is 0.339 e. The quantitative estimate of drug-likeness (QED) is 0.336. The molecule has 1 amide bonds. The molecule has 0 saturated heterocycles. The number of amides is 1. The monoisotopic (exact) mass is 454 g/mol. The summed E-state index contributed by atoms with van der Waals surface area (Å²) in [6.07, 6.45) is 0. The molecule has 0 radical (unpaired) electrons. The molecule has 1 heterocycles. The van der Waals surface area contributed by atoms with Crippen LogP contribution in [0.4, 0.5) is 0 Å². The van der Waals surface area contributed by atoms with E-state index < -0.39 is 11.5 Å². The number of hydrogen-bond acceptors (Lipinski definition) is 6. The number of ether oxygens (including phenoxy) is 1. The number of thioether (sulfide) groups is 1. The van der Waals surface area contributed by atoms with Crippen LogP contribution in [0, 0.1) is 0 Å². The van der Waals surface area contributed by atoms with Gasteiger partial charge in [0.15, 0.2) is 6.61 Å². The molecule has 0 unspecified atom stereocenters. The van der Waals surface area contributed by atoms with Crippen molar-refractivity contribution in [1.82, 2.24) is 9.88 Å². The van der Waals surface area contributed by atoms with Crippen LogP contribution in [0.5, 0.6) is 0 Å². The number of esters is 1. The summed E-state index contributed by atoms with van der Waals surface area (Å²) in [6.45, 7) is 6.08. The Labute approximate surface area is 191 Å². The summed E-state index contributed by atoms with van der Waals surface area (Å²) in [6, 6.07) is 17.1. The number of benzene rings is 2. The molecule has 162 valence electrons. The molecule has 5 nitrogen and oxygen atoms in total. The molecule has 0 aliphatic rings. The van der Waals surface area contributed by atoms with Gasteiger partial charge in [-0.3, -0.25) is 4.79 Å². The Balaban J connectivity index is 1.64. The highest BCUT2D eigenvalue weighted by molar-refractivity contribution is 7.98. The largest absolute Gasteiger partial charge is 0.452 e. The van der Waals surface area contributed by atoms with E-state index in [1.54, 1.807) is 33.9 Å². The highest BCUT2D eigenvalue weighted by Crippen LogP contribution is 2.27. The summed E-state index contributed by atoms with van der Waals surface area (Å²) >= 11 is 3.07. The molecule has 3 rings (SSSR count). The summed E-state index contributed by atoms with van der Waals surface area (Å²) in [5.74, 6) is -0.0534. The van der Waals surface area contributed by atoms with Gasteiger partial charge in [-0.1, -0.05) is 42.5 Å². The van der Waals surface area contributed by atoms with Crippen LogP contribution in [0.15, 0.2) is 70.4 Å². The second kappa shape index (κ2) is 10.6. The van der Waals surface area contributed by atoms with Crippen molar-refractivity contribution in [2.75, 3.05) is 6.61 Å². The Hall–Kier alpha value is -2.64. The minimum atomic E-state index is -0.497. The molecule has 0 aliphatic carbocycles. The minimum Gasteiger partial charge on any atom is -0.452 e. The van der Waals surface area contributed by atoms with E-state index in [0.717, 1.165) is 16.2 Å². The van der Waals surface area contributed by atoms with Crippen LogP contribution in [-0.2, 0) is 21.8 Å². The molecule has 0 saturated carbocycles. The Morgan fingerprint density at radius 3 is 2.45 bits per heavy atom. The number of carbonyl (C=O) groups excluding carboxylic acids is 2. The lowest BCUT2D eigenvalue weighted by atomic mass is 10.0. The van der Waals surface area contributed by atoms with E-state index in [2.05, 4.69) is 4.98 Å². The summed E-state index contributed by atoms with van der Waals surface area (Å²) in [5, 5.41) is 1.99. The Kier molecular flexibility index (Phi) is 7.87. The number of carbonyl (C=O) groups is 2. The van der Waals surface area contributed by atoms with Crippen LogP contribution in [0.25, 0.3) is 0 Å². The fourth-order valence-electron chi connectivity index (χ4n) is 2.97. The lowest BCUT2D eigenvalue weighted by Gasteiger charge is -2.35.